The quantitative estimate of drug-likeness (QED) is 0.516. The lowest BCUT2D eigenvalue weighted by atomic mass is 9.51. The van der Waals surface area contributed by atoms with Crippen molar-refractivity contribution < 1.29 is 9.90 Å². The van der Waals surface area contributed by atoms with Gasteiger partial charge in [0.15, 0.2) is 0 Å². The molecule has 2 N–H and O–H groups in total. The average molecular weight is 165 g/mol. The fraction of sp³-hybridized carbons (Fsp3) is 0.667. The van der Waals surface area contributed by atoms with Gasteiger partial charge in [-0.1, -0.05) is 12.2 Å². The molecular formula is C9H11NO2. The van der Waals surface area contributed by atoms with Crippen molar-refractivity contribution in [1.82, 2.24) is 5.32 Å². The fourth-order valence-corrected chi connectivity index (χ4v) is 2.87. The second kappa shape index (κ2) is 1.91. The maximum Gasteiger partial charge on any atom is 0.224 e. The van der Waals surface area contributed by atoms with E-state index in [-0.39, 0.29) is 24.5 Å². The molecule has 3 heteroatoms. The third kappa shape index (κ3) is 0.524. The van der Waals surface area contributed by atoms with Gasteiger partial charge in [-0.3, -0.25) is 4.79 Å². The van der Waals surface area contributed by atoms with Gasteiger partial charge in [0.1, 0.15) is 0 Å². The number of fused-ring (bicyclic) bond motifs is 4. The van der Waals surface area contributed by atoms with Crippen LogP contribution in [0.3, 0.4) is 0 Å². The Bertz CT molecular complexity index is 274. The summed E-state index contributed by atoms with van der Waals surface area (Å²) in [4.78, 5) is 11.3. The first kappa shape index (κ1) is 6.66. The first-order valence-corrected chi connectivity index (χ1v) is 4.42. The van der Waals surface area contributed by atoms with E-state index in [2.05, 4.69) is 17.5 Å². The standard InChI is InChI=1S/C9H11NO2/c11-3-6-7-4-1-2-5(4)8(7)9(12)10-6/h1-2,4-8,11H,3H2,(H,10,12)/t4?,5?,6-,7-,8-/m1/s1. The molecule has 1 aliphatic heterocycles. The van der Waals surface area contributed by atoms with Crippen LogP contribution < -0.4 is 5.32 Å². The maximum atomic E-state index is 11.3. The molecule has 1 heterocycles. The Kier molecular flexibility index (Phi) is 1.06. The molecule has 1 saturated carbocycles. The Morgan fingerprint density at radius 1 is 1.42 bits per heavy atom. The lowest BCUT2D eigenvalue weighted by Crippen LogP contribution is -2.52. The molecule has 0 aromatic rings. The van der Waals surface area contributed by atoms with E-state index >= 15 is 0 Å². The Hall–Kier alpha value is -0.830. The molecule has 1 saturated heterocycles. The number of amides is 1. The molecule has 2 aliphatic carbocycles. The van der Waals surface area contributed by atoms with Crippen molar-refractivity contribution in [3.63, 3.8) is 0 Å². The van der Waals surface area contributed by atoms with Crippen molar-refractivity contribution in [3.8, 4) is 0 Å². The number of hydrogen-bond donors (Lipinski definition) is 2. The van der Waals surface area contributed by atoms with Crippen molar-refractivity contribution in [2.75, 3.05) is 6.61 Å². The second-order valence-corrected chi connectivity index (χ2v) is 3.94. The summed E-state index contributed by atoms with van der Waals surface area (Å²) in [5, 5.41) is 11.8. The van der Waals surface area contributed by atoms with Gasteiger partial charge in [0.05, 0.1) is 18.6 Å². The van der Waals surface area contributed by atoms with Gasteiger partial charge < -0.3 is 10.4 Å². The normalized spacial score (nSPS) is 53.4. The van der Waals surface area contributed by atoms with Gasteiger partial charge in [-0.05, 0) is 11.8 Å². The van der Waals surface area contributed by atoms with Crippen LogP contribution in [0.5, 0.6) is 0 Å². The summed E-state index contributed by atoms with van der Waals surface area (Å²) in [5.41, 5.74) is 0. The van der Waals surface area contributed by atoms with Gasteiger partial charge in [-0.25, -0.2) is 0 Å². The number of carbonyl (C=O) groups excluding carboxylic acids is 1. The Balaban J connectivity index is 1.90. The van der Waals surface area contributed by atoms with Crippen LogP contribution in [0, 0.1) is 23.7 Å². The Morgan fingerprint density at radius 3 is 2.75 bits per heavy atom. The predicted octanol–water partition coefficient (Wildman–Crippen LogP) is -0.475. The predicted molar refractivity (Wildman–Crippen MR) is 42.1 cm³/mol. The molecule has 64 valence electrons. The first-order chi connectivity index (χ1) is 5.83. The SMILES string of the molecule is O=C1N[C@H](CO)[C@H]2C3C=CC3[C@@H]12. The monoisotopic (exact) mass is 165 g/mol. The molecule has 5 atom stereocenters. The van der Waals surface area contributed by atoms with Crippen LogP contribution >= 0.6 is 0 Å². The van der Waals surface area contributed by atoms with Crippen LogP contribution in [0.4, 0.5) is 0 Å². The Labute approximate surface area is 70.5 Å². The Morgan fingerprint density at radius 2 is 2.17 bits per heavy atom. The smallest absolute Gasteiger partial charge is 0.224 e. The molecule has 1 amide bonds. The summed E-state index contributed by atoms with van der Waals surface area (Å²) in [5.74, 6) is 1.77. The van der Waals surface area contributed by atoms with E-state index < -0.39 is 0 Å². The lowest BCUT2D eigenvalue weighted by Gasteiger charge is -2.51. The highest BCUT2D eigenvalue weighted by Crippen LogP contribution is 2.57. The average Bonchev–Trinajstić information content (AvgIpc) is 2.28. The molecule has 0 radical (unpaired) electrons. The van der Waals surface area contributed by atoms with Gasteiger partial charge in [0.2, 0.25) is 5.91 Å². The minimum Gasteiger partial charge on any atom is -0.394 e. The van der Waals surface area contributed by atoms with Crippen LogP contribution in [0.2, 0.25) is 0 Å². The topological polar surface area (TPSA) is 49.3 Å². The van der Waals surface area contributed by atoms with E-state index in [4.69, 9.17) is 5.11 Å². The zero-order chi connectivity index (χ0) is 8.29. The summed E-state index contributed by atoms with van der Waals surface area (Å²) < 4.78 is 0. The molecule has 0 bridgehead atoms. The van der Waals surface area contributed by atoms with Crippen LogP contribution in [-0.4, -0.2) is 23.7 Å². The van der Waals surface area contributed by atoms with Crippen molar-refractivity contribution in [2.45, 2.75) is 6.04 Å². The van der Waals surface area contributed by atoms with E-state index in [0.717, 1.165) is 0 Å². The second-order valence-electron chi connectivity index (χ2n) is 3.94. The van der Waals surface area contributed by atoms with Gasteiger partial charge in [-0.15, -0.1) is 0 Å². The number of allylic oxidation sites excluding steroid dienone is 2. The zero-order valence-corrected chi connectivity index (χ0v) is 6.60. The molecule has 3 aliphatic rings. The third-order valence-electron chi connectivity index (χ3n) is 3.57. The van der Waals surface area contributed by atoms with Crippen molar-refractivity contribution >= 4 is 5.91 Å². The summed E-state index contributed by atoms with van der Waals surface area (Å²) >= 11 is 0. The van der Waals surface area contributed by atoms with E-state index in [9.17, 15) is 4.79 Å². The van der Waals surface area contributed by atoms with Crippen LogP contribution in [-0.2, 0) is 4.79 Å². The van der Waals surface area contributed by atoms with Crippen LogP contribution in [0.15, 0.2) is 12.2 Å². The first-order valence-electron chi connectivity index (χ1n) is 4.42. The molecule has 0 spiro atoms. The highest BCUT2D eigenvalue weighted by molar-refractivity contribution is 5.84. The number of nitrogens with one attached hydrogen (secondary N) is 1. The van der Waals surface area contributed by atoms with E-state index in [1.54, 1.807) is 0 Å². The van der Waals surface area contributed by atoms with Gasteiger partial charge in [-0.2, -0.15) is 0 Å². The maximum absolute atomic E-state index is 11.3. The molecule has 2 unspecified atom stereocenters. The molecule has 3 rings (SSSR count). The molecule has 2 fully saturated rings. The summed E-state index contributed by atoms with van der Waals surface area (Å²) in [7, 11) is 0. The number of hydrogen-bond acceptors (Lipinski definition) is 2. The molecular weight excluding hydrogens is 154 g/mol. The van der Waals surface area contributed by atoms with Gasteiger partial charge in [0, 0.05) is 5.92 Å². The van der Waals surface area contributed by atoms with Crippen molar-refractivity contribution in [1.29, 1.82) is 0 Å². The summed E-state index contributed by atoms with van der Waals surface area (Å²) in [6, 6.07) is 0.0219. The number of rotatable bonds is 1. The zero-order valence-electron chi connectivity index (χ0n) is 6.60. The van der Waals surface area contributed by atoms with E-state index in [1.165, 1.54) is 0 Å². The number of aliphatic hydroxyl groups is 1. The lowest BCUT2D eigenvalue weighted by molar-refractivity contribution is -0.129. The van der Waals surface area contributed by atoms with Crippen molar-refractivity contribution in [2.24, 2.45) is 23.7 Å². The largest absolute Gasteiger partial charge is 0.394 e. The molecule has 12 heavy (non-hydrogen) atoms. The third-order valence-corrected chi connectivity index (χ3v) is 3.57. The fourth-order valence-electron chi connectivity index (χ4n) is 2.87. The molecule has 0 aromatic heterocycles. The minimum absolute atomic E-state index is 0.0219. The summed E-state index contributed by atoms with van der Waals surface area (Å²) in [6.07, 6.45) is 4.28. The van der Waals surface area contributed by atoms with Gasteiger partial charge >= 0.3 is 0 Å². The number of carbonyl (C=O) groups is 1. The summed E-state index contributed by atoms with van der Waals surface area (Å²) in [6.45, 7) is 0.0873. The van der Waals surface area contributed by atoms with Gasteiger partial charge in [0.25, 0.3) is 0 Å². The van der Waals surface area contributed by atoms with E-state index in [1.807, 2.05) is 0 Å². The van der Waals surface area contributed by atoms with Crippen LogP contribution in [0.25, 0.3) is 0 Å². The molecule has 3 nitrogen and oxygen atoms in total. The molecule has 0 aromatic carbocycles. The minimum atomic E-state index is 0.0219. The van der Waals surface area contributed by atoms with E-state index in [0.29, 0.717) is 17.8 Å². The van der Waals surface area contributed by atoms with Crippen LogP contribution in [0.1, 0.15) is 0 Å². The number of aliphatic hydroxyl groups excluding tert-OH is 1. The van der Waals surface area contributed by atoms with Crippen molar-refractivity contribution in [3.05, 3.63) is 12.2 Å². The highest BCUT2D eigenvalue weighted by atomic mass is 16.3. The highest BCUT2D eigenvalue weighted by Gasteiger charge is 2.61.